The zero-order valence-corrected chi connectivity index (χ0v) is 11.8. The van der Waals surface area contributed by atoms with Crippen LogP contribution in [0.1, 0.15) is 37.5 Å². The second-order valence-corrected chi connectivity index (χ2v) is 6.06. The van der Waals surface area contributed by atoms with Gasteiger partial charge in [-0.3, -0.25) is 0 Å². The molecule has 0 amide bonds. The van der Waals surface area contributed by atoms with Gasteiger partial charge in [0.1, 0.15) is 5.82 Å². The van der Waals surface area contributed by atoms with Crippen LogP contribution in [0.5, 0.6) is 0 Å². The summed E-state index contributed by atoms with van der Waals surface area (Å²) >= 11 is 1.64. The van der Waals surface area contributed by atoms with Gasteiger partial charge in [0.15, 0.2) is 0 Å². The summed E-state index contributed by atoms with van der Waals surface area (Å²) in [5, 5.41) is 9.16. The third-order valence-electron chi connectivity index (χ3n) is 2.99. The van der Waals surface area contributed by atoms with Gasteiger partial charge in [0.25, 0.3) is 0 Å². The number of thioether (sulfide) groups is 1. The van der Waals surface area contributed by atoms with Gasteiger partial charge in [0.2, 0.25) is 0 Å². The van der Waals surface area contributed by atoms with Crippen LogP contribution in [0.25, 0.3) is 0 Å². The Kier molecular flexibility index (Phi) is 6.68. The Morgan fingerprint density at radius 2 is 2.06 bits per heavy atom. The lowest BCUT2D eigenvalue weighted by atomic mass is 10.0. The van der Waals surface area contributed by atoms with Crippen LogP contribution in [0.15, 0.2) is 24.3 Å². The standard InChI is InChI=1S/C14H22FNOS/c1-3-13(16)14(18-10(2)8-9-17)11-6-4-5-7-12(11)15/h4-7,10,13-14,17H,3,8-9,16H2,1-2H3. The van der Waals surface area contributed by atoms with E-state index in [0.717, 1.165) is 6.42 Å². The van der Waals surface area contributed by atoms with E-state index in [4.69, 9.17) is 10.8 Å². The van der Waals surface area contributed by atoms with E-state index in [1.165, 1.54) is 6.07 Å². The minimum absolute atomic E-state index is 0.0576. The highest BCUT2D eigenvalue weighted by Gasteiger charge is 2.24. The molecule has 0 aliphatic heterocycles. The van der Waals surface area contributed by atoms with Gasteiger partial charge in [-0.15, -0.1) is 11.8 Å². The first-order valence-electron chi connectivity index (χ1n) is 6.36. The van der Waals surface area contributed by atoms with Crippen LogP contribution >= 0.6 is 11.8 Å². The summed E-state index contributed by atoms with van der Waals surface area (Å²) in [6.07, 6.45) is 1.50. The van der Waals surface area contributed by atoms with Gasteiger partial charge in [0, 0.05) is 28.7 Å². The number of nitrogens with two attached hydrogens (primary N) is 1. The molecule has 18 heavy (non-hydrogen) atoms. The summed E-state index contributed by atoms with van der Waals surface area (Å²) in [5.41, 5.74) is 6.78. The molecule has 0 aliphatic carbocycles. The van der Waals surface area contributed by atoms with Crippen LogP contribution in [-0.4, -0.2) is 23.0 Å². The van der Waals surface area contributed by atoms with Crippen molar-refractivity contribution in [3.05, 3.63) is 35.6 Å². The summed E-state index contributed by atoms with van der Waals surface area (Å²) in [4.78, 5) is 0. The fourth-order valence-corrected chi connectivity index (χ4v) is 3.30. The monoisotopic (exact) mass is 271 g/mol. The Morgan fingerprint density at radius 1 is 1.39 bits per heavy atom. The molecule has 0 saturated heterocycles. The molecule has 0 aliphatic rings. The topological polar surface area (TPSA) is 46.2 Å². The van der Waals surface area contributed by atoms with Crippen molar-refractivity contribution in [1.82, 2.24) is 0 Å². The summed E-state index contributed by atoms with van der Waals surface area (Å²) in [7, 11) is 0. The van der Waals surface area contributed by atoms with Crippen molar-refractivity contribution in [2.24, 2.45) is 5.73 Å². The van der Waals surface area contributed by atoms with E-state index in [9.17, 15) is 4.39 Å². The molecule has 1 aromatic carbocycles. The number of benzene rings is 1. The van der Waals surface area contributed by atoms with E-state index in [2.05, 4.69) is 0 Å². The van der Waals surface area contributed by atoms with Crippen molar-refractivity contribution < 1.29 is 9.50 Å². The van der Waals surface area contributed by atoms with Crippen LogP contribution in [0, 0.1) is 5.82 Å². The number of hydrogen-bond acceptors (Lipinski definition) is 3. The summed E-state index contributed by atoms with van der Waals surface area (Å²) in [5.74, 6) is -0.199. The van der Waals surface area contributed by atoms with E-state index in [1.807, 2.05) is 19.9 Å². The number of aliphatic hydroxyl groups is 1. The molecule has 3 N–H and O–H groups in total. The summed E-state index contributed by atoms with van der Waals surface area (Å²) in [6, 6.07) is 6.73. The predicted octanol–water partition coefficient (Wildman–Crippen LogP) is 3.11. The number of rotatable bonds is 7. The van der Waals surface area contributed by atoms with Gasteiger partial charge in [-0.25, -0.2) is 4.39 Å². The second-order valence-electron chi connectivity index (χ2n) is 4.47. The number of halogens is 1. The Morgan fingerprint density at radius 3 is 2.61 bits per heavy atom. The van der Waals surface area contributed by atoms with Crippen LogP contribution in [-0.2, 0) is 0 Å². The lowest BCUT2D eigenvalue weighted by Gasteiger charge is -2.26. The smallest absolute Gasteiger partial charge is 0.127 e. The van der Waals surface area contributed by atoms with Crippen LogP contribution in [0.4, 0.5) is 4.39 Å². The molecular weight excluding hydrogens is 249 g/mol. The maximum absolute atomic E-state index is 13.9. The fraction of sp³-hybridized carbons (Fsp3) is 0.571. The summed E-state index contributed by atoms with van der Waals surface area (Å²) < 4.78 is 13.9. The lowest BCUT2D eigenvalue weighted by Crippen LogP contribution is -2.27. The first kappa shape index (κ1) is 15.5. The van der Waals surface area contributed by atoms with Gasteiger partial charge in [-0.05, 0) is 18.9 Å². The van der Waals surface area contributed by atoms with Crippen LogP contribution in [0.2, 0.25) is 0 Å². The van der Waals surface area contributed by atoms with E-state index in [1.54, 1.807) is 23.9 Å². The fourth-order valence-electron chi connectivity index (χ4n) is 1.82. The minimum atomic E-state index is -0.199. The van der Waals surface area contributed by atoms with E-state index in [0.29, 0.717) is 12.0 Å². The van der Waals surface area contributed by atoms with Crippen molar-refractivity contribution in [3.63, 3.8) is 0 Å². The van der Waals surface area contributed by atoms with Gasteiger partial charge in [0.05, 0.1) is 0 Å². The van der Waals surface area contributed by atoms with Gasteiger partial charge in [-0.1, -0.05) is 32.0 Å². The summed E-state index contributed by atoms with van der Waals surface area (Å²) in [6.45, 7) is 4.20. The van der Waals surface area contributed by atoms with Gasteiger partial charge < -0.3 is 10.8 Å². The molecule has 0 bridgehead atoms. The molecule has 1 aromatic rings. The van der Waals surface area contributed by atoms with Crippen molar-refractivity contribution in [2.75, 3.05) is 6.61 Å². The SMILES string of the molecule is CCC(N)C(SC(C)CCO)c1ccccc1F. The average Bonchev–Trinajstić information content (AvgIpc) is 2.36. The highest BCUT2D eigenvalue weighted by molar-refractivity contribution is 8.00. The van der Waals surface area contributed by atoms with Crippen LogP contribution in [0.3, 0.4) is 0 Å². The third-order valence-corrected chi connectivity index (χ3v) is 4.58. The third kappa shape index (κ3) is 4.26. The van der Waals surface area contributed by atoms with Crippen molar-refractivity contribution >= 4 is 11.8 Å². The van der Waals surface area contributed by atoms with Crippen molar-refractivity contribution in [1.29, 1.82) is 0 Å². The number of aliphatic hydroxyl groups excluding tert-OH is 1. The largest absolute Gasteiger partial charge is 0.396 e. The Balaban J connectivity index is 2.88. The Hall–Kier alpha value is -0.580. The molecule has 4 heteroatoms. The van der Waals surface area contributed by atoms with E-state index in [-0.39, 0.29) is 29.0 Å². The highest BCUT2D eigenvalue weighted by Crippen LogP contribution is 2.37. The zero-order chi connectivity index (χ0) is 13.5. The lowest BCUT2D eigenvalue weighted by molar-refractivity contribution is 0.288. The normalized spacial score (nSPS) is 16.3. The molecule has 3 unspecified atom stereocenters. The molecule has 102 valence electrons. The molecule has 0 fully saturated rings. The molecule has 2 nitrogen and oxygen atoms in total. The van der Waals surface area contributed by atoms with Crippen molar-refractivity contribution in [3.8, 4) is 0 Å². The molecule has 0 spiro atoms. The maximum Gasteiger partial charge on any atom is 0.127 e. The molecule has 0 heterocycles. The second kappa shape index (κ2) is 7.77. The van der Waals surface area contributed by atoms with Gasteiger partial charge in [-0.2, -0.15) is 0 Å². The average molecular weight is 271 g/mol. The molecule has 0 radical (unpaired) electrons. The van der Waals surface area contributed by atoms with E-state index < -0.39 is 0 Å². The zero-order valence-electron chi connectivity index (χ0n) is 11.0. The first-order valence-corrected chi connectivity index (χ1v) is 7.30. The molecule has 3 atom stereocenters. The van der Waals surface area contributed by atoms with Gasteiger partial charge >= 0.3 is 0 Å². The Bertz CT molecular complexity index is 361. The predicted molar refractivity (Wildman–Crippen MR) is 76.2 cm³/mol. The quantitative estimate of drug-likeness (QED) is 0.801. The van der Waals surface area contributed by atoms with Crippen molar-refractivity contribution in [2.45, 2.75) is 43.2 Å². The molecule has 1 rings (SSSR count). The minimum Gasteiger partial charge on any atom is -0.396 e. The number of hydrogen-bond donors (Lipinski definition) is 2. The molecular formula is C14H22FNOS. The van der Waals surface area contributed by atoms with E-state index >= 15 is 0 Å². The Labute approximate surface area is 113 Å². The maximum atomic E-state index is 13.9. The molecule has 0 aromatic heterocycles. The van der Waals surface area contributed by atoms with Crippen LogP contribution < -0.4 is 5.73 Å². The highest BCUT2D eigenvalue weighted by atomic mass is 32.2. The first-order chi connectivity index (χ1) is 8.60. The molecule has 0 saturated carbocycles.